The second-order valence-electron chi connectivity index (χ2n) is 5.49. The summed E-state index contributed by atoms with van der Waals surface area (Å²) in [4.78, 5) is 8.26. The third-order valence-electron chi connectivity index (χ3n) is 3.97. The monoisotopic (exact) mass is 301 g/mol. The number of nitrogens with zero attached hydrogens (tertiary/aromatic N) is 3. The van der Waals surface area contributed by atoms with Gasteiger partial charge in [0.25, 0.3) is 0 Å². The molecule has 0 bridgehead atoms. The van der Waals surface area contributed by atoms with Gasteiger partial charge in [-0.05, 0) is 30.5 Å². The molecule has 0 amide bonds. The van der Waals surface area contributed by atoms with E-state index in [1.54, 1.807) is 0 Å². The molecule has 22 heavy (non-hydrogen) atoms. The smallest absolute Gasteiger partial charge is 0.149 e. The molecule has 1 aliphatic carbocycles. The minimum atomic E-state index is -0.794. The van der Waals surface area contributed by atoms with Crippen molar-refractivity contribution < 1.29 is 8.78 Å². The minimum Gasteiger partial charge on any atom is -0.394 e. The Morgan fingerprint density at radius 2 is 1.77 bits per heavy atom. The molecule has 7 heteroatoms. The van der Waals surface area contributed by atoms with E-state index in [4.69, 9.17) is 11.5 Å². The Morgan fingerprint density at radius 1 is 1.09 bits per heavy atom. The third-order valence-corrected chi connectivity index (χ3v) is 3.97. The van der Waals surface area contributed by atoms with Crippen molar-refractivity contribution in [2.45, 2.75) is 18.9 Å². The predicted octanol–water partition coefficient (Wildman–Crippen LogP) is 2.88. The first-order chi connectivity index (χ1) is 10.6. The van der Waals surface area contributed by atoms with Gasteiger partial charge >= 0.3 is 0 Å². The summed E-state index contributed by atoms with van der Waals surface area (Å²) >= 11 is 0. The second kappa shape index (κ2) is 4.40. The highest BCUT2D eigenvalue weighted by atomic mass is 19.1. The third kappa shape index (κ3) is 1.82. The number of nitrogen functional groups attached to an aromatic ring is 2. The fourth-order valence-corrected chi connectivity index (χ4v) is 2.70. The van der Waals surface area contributed by atoms with E-state index in [1.165, 1.54) is 18.5 Å². The van der Waals surface area contributed by atoms with Gasteiger partial charge in [-0.2, -0.15) is 0 Å². The molecule has 3 aromatic rings. The molecule has 5 nitrogen and oxygen atoms in total. The van der Waals surface area contributed by atoms with Gasteiger partial charge in [0.15, 0.2) is 0 Å². The van der Waals surface area contributed by atoms with Crippen LogP contribution in [-0.4, -0.2) is 14.5 Å². The molecule has 0 aliphatic heterocycles. The van der Waals surface area contributed by atoms with Gasteiger partial charge < -0.3 is 16.0 Å². The topological polar surface area (TPSA) is 82.8 Å². The van der Waals surface area contributed by atoms with Crippen molar-refractivity contribution in [3.05, 3.63) is 36.3 Å². The first-order valence-electron chi connectivity index (χ1n) is 6.92. The average Bonchev–Trinajstić information content (AvgIpc) is 3.25. The van der Waals surface area contributed by atoms with Crippen LogP contribution in [0.1, 0.15) is 18.9 Å². The molecular weight excluding hydrogens is 288 g/mol. The molecule has 4 rings (SSSR count). The second-order valence-corrected chi connectivity index (χ2v) is 5.49. The fraction of sp³-hybridized carbons (Fsp3) is 0.200. The molecule has 112 valence electrons. The van der Waals surface area contributed by atoms with Gasteiger partial charge in [-0.25, -0.2) is 18.7 Å². The minimum absolute atomic E-state index is 0.289. The van der Waals surface area contributed by atoms with E-state index in [9.17, 15) is 8.78 Å². The summed E-state index contributed by atoms with van der Waals surface area (Å²) < 4.78 is 29.5. The van der Waals surface area contributed by atoms with Crippen LogP contribution >= 0.6 is 0 Å². The van der Waals surface area contributed by atoms with Gasteiger partial charge in [0.1, 0.15) is 35.1 Å². The van der Waals surface area contributed by atoms with E-state index in [1.807, 2.05) is 10.8 Å². The summed E-state index contributed by atoms with van der Waals surface area (Å²) in [6.45, 7) is 0. The number of hydrogen-bond donors (Lipinski definition) is 2. The summed E-state index contributed by atoms with van der Waals surface area (Å²) in [6.07, 6.45) is 5.33. The van der Waals surface area contributed by atoms with Crippen molar-refractivity contribution in [3.63, 3.8) is 0 Å². The lowest BCUT2D eigenvalue weighted by Crippen LogP contribution is -1.97. The molecule has 0 saturated heterocycles. The molecule has 0 unspecified atom stereocenters. The molecule has 0 radical (unpaired) electrons. The van der Waals surface area contributed by atoms with Crippen molar-refractivity contribution >= 4 is 22.5 Å². The normalized spacial score (nSPS) is 14.6. The van der Waals surface area contributed by atoms with E-state index in [-0.39, 0.29) is 5.82 Å². The van der Waals surface area contributed by atoms with Crippen molar-refractivity contribution in [1.29, 1.82) is 0 Å². The van der Waals surface area contributed by atoms with Crippen LogP contribution in [0.15, 0.2) is 24.7 Å². The lowest BCUT2D eigenvalue weighted by atomic mass is 10.1. The summed E-state index contributed by atoms with van der Waals surface area (Å²) in [6, 6.07) is 2.77. The lowest BCUT2D eigenvalue weighted by molar-refractivity contribution is 0.592. The lowest BCUT2D eigenvalue weighted by Gasteiger charge is -2.04. The predicted molar refractivity (Wildman–Crippen MR) is 80.0 cm³/mol. The zero-order valence-corrected chi connectivity index (χ0v) is 11.6. The number of aromatic nitrogens is 3. The largest absolute Gasteiger partial charge is 0.394 e. The van der Waals surface area contributed by atoms with Crippen LogP contribution < -0.4 is 11.5 Å². The first kappa shape index (κ1) is 13.0. The molecule has 0 atom stereocenters. The van der Waals surface area contributed by atoms with Crippen LogP contribution in [0.2, 0.25) is 0 Å². The summed E-state index contributed by atoms with van der Waals surface area (Å²) in [5, 5.41) is 0.609. The molecule has 4 N–H and O–H groups in total. The van der Waals surface area contributed by atoms with E-state index >= 15 is 0 Å². The Kier molecular flexibility index (Phi) is 2.60. The van der Waals surface area contributed by atoms with Crippen LogP contribution in [0, 0.1) is 11.6 Å². The standard InChI is InChI=1S/C15H13F2N5/c16-10-3-7(4-11(17)13(10)18)9-5-22(8-1-2-8)15-12(9)14(19)20-6-21-15/h3-6,8H,1-2,18H2,(H2,19,20,21). The van der Waals surface area contributed by atoms with Crippen LogP contribution in [0.5, 0.6) is 0 Å². The number of halogens is 2. The first-order valence-corrected chi connectivity index (χ1v) is 6.92. The van der Waals surface area contributed by atoms with Crippen molar-refractivity contribution in [2.75, 3.05) is 11.5 Å². The van der Waals surface area contributed by atoms with E-state index in [2.05, 4.69) is 9.97 Å². The number of nitrogens with two attached hydrogens (primary N) is 2. The molecule has 2 heterocycles. The number of rotatable bonds is 2. The molecule has 1 saturated carbocycles. The van der Waals surface area contributed by atoms with Gasteiger partial charge in [-0.15, -0.1) is 0 Å². The van der Waals surface area contributed by atoms with E-state index < -0.39 is 17.3 Å². The molecule has 0 spiro atoms. The highest BCUT2D eigenvalue weighted by molar-refractivity contribution is 6.00. The maximum Gasteiger partial charge on any atom is 0.149 e. The fourth-order valence-electron chi connectivity index (χ4n) is 2.70. The Hall–Kier alpha value is -2.70. The van der Waals surface area contributed by atoms with E-state index in [0.717, 1.165) is 12.8 Å². The Morgan fingerprint density at radius 3 is 2.41 bits per heavy atom. The molecular formula is C15H13F2N5. The molecule has 2 aromatic heterocycles. The van der Waals surface area contributed by atoms with Gasteiger partial charge in [0.05, 0.1) is 5.39 Å². The van der Waals surface area contributed by atoms with Gasteiger partial charge in [-0.1, -0.05) is 0 Å². The van der Waals surface area contributed by atoms with Crippen molar-refractivity contribution in [3.8, 4) is 11.1 Å². The average molecular weight is 301 g/mol. The quantitative estimate of drug-likeness (QED) is 0.713. The number of benzene rings is 1. The Balaban J connectivity index is 2.03. The number of anilines is 2. The summed E-state index contributed by atoms with van der Waals surface area (Å²) in [7, 11) is 0. The Labute approximate surface area is 124 Å². The van der Waals surface area contributed by atoms with Crippen molar-refractivity contribution in [2.24, 2.45) is 0 Å². The highest BCUT2D eigenvalue weighted by Crippen LogP contribution is 2.42. The molecule has 1 aromatic carbocycles. The SMILES string of the molecule is Nc1c(F)cc(-c2cn(C3CC3)c3ncnc(N)c23)cc1F. The van der Waals surface area contributed by atoms with E-state index in [0.29, 0.717) is 28.2 Å². The number of fused-ring (bicyclic) bond motifs is 1. The van der Waals surface area contributed by atoms with Gasteiger partial charge in [-0.3, -0.25) is 0 Å². The summed E-state index contributed by atoms with van der Waals surface area (Å²) in [5.74, 6) is -1.30. The molecule has 1 fully saturated rings. The zero-order valence-electron chi connectivity index (χ0n) is 11.6. The maximum absolute atomic E-state index is 13.8. The van der Waals surface area contributed by atoms with Crippen LogP contribution in [0.25, 0.3) is 22.2 Å². The van der Waals surface area contributed by atoms with Crippen LogP contribution in [0.4, 0.5) is 20.3 Å². The maximum atomic E-state index is 13.8. The van der Waals surface area contributed by atoms with Crippen molar-refractivity contribution in [1.82, 2.24) is 14.5 Å². The highest BCUT2D eigenvalue weighted by Gasteiger charge is 2.28. The molecule has 1 aliphatic rings. The number of hydrogen-bond acceptors (Lipinski definition) is 4. The van der Waals surface area contributed by atoms with Gasteiger partial charge in [0.2, 0.25) is 0 Å². The van der Waals surface area contributed by atoms with Crippen LogP contribution in [0.3, 0.4) is 0 Å². The van der Waals surface area contributed by atoms with Crippen LogP contribution in [-0.2, 0) is 0 Å². The Bertz CT molecular complexity index is 875. The summed E-state index contributed by atoms with van der Waals surface area (Å²) in [5.41, 5.74) is 12.5. The van der Waals surface area contributed by atoms with Gasteiger partial charge in [0, 0.05) is 17.8 Å². The zero-order chi connectivity index (χ0) is 15.4.